The van der Waals surface area contributed by atoms with Gasteiger partial charge in [-0.2, -0.15) is 0 Å². The summed E-state index contributed by atoms with van der Waals surface area (Å²) in [5, 5.41) is 8.91. The minimum absolute atomic E-state index is 0.0598. The van der Waals surface area contributed by atoms with Crippen LogP contribution in [0.5, 0.6) is 0 Å². The van der Waals surface area contributed by atoms with Crippen molar-refractivity contribution in [3.8, 4) is 0 Å². The van der Waals surface area contributed by atoms with Crippen LogP contribution in [-0.2, 0) is 22.4 Å². The molecule has 1 aliphatic carbocycles. The number of nitrogens with one attached hydrogen (secondary N) is 2. The van der Waals surface area contributed by atoms with Crippen LogP contribution in [-0.4, -0.2) is 25.5 Å². The van der Waals surface area contributed by atoms with E-state index in [1.54, 1.807) is 11.3 Å². The van der Waals surface area contributed by atoms with Crippen molar-refractivity contribution in [2.75, 3.05) is 19.0 Å². The average Bonchev–Trinajstić information content (AvgIpc) is 3.46. The van der Waals surface area contributed by atoms with Crippen molar-refractivity contribution in [3.05, 3.63) is 74.3 Å². The lowest BCUT2D eigenvalue weighted by atomic mass is 10.1. The molecule has 4 rings (SSSR count). The highest BCUT2D eigenvalue weighted by Crippen LogP contribution is 2.39. The molecule has 0 saturated heterocycles. The molecule has 1 atom stereocenters. The highest BCUT2D eigenvalue weighted by Gasteiger charge is 2.28. The van der Waals surface area contributed by atoms with E-state index < -0.39 is 0 Å². The summed E-state index contributed by atoms with van der Waals surface area (Å²) in [6.45, 7) is 0.140. The van der Waals surface area contributed by atoms with Crippen molar-refractivity contribution in [2.45, 2.75) is 25.3 Å². The van der Waals surface area contributed by atoms with E-state index in [1.807, 2.05) is 29.6 Å². The molecule has 150 valence electrons. The number of fused-ring (bicyclic) bond motifs is 1. The van der Waals surface area contributed by atoms with Crippen molar-refractivity contribution in [1.82, 2.24) is 5.32 Å². The maximum Gasteiger partial charge on any atom is 0.341 e. The van der Waals surface area contributed by atoms with Gasteiger partial charge in [0.1, 0.15) is 5.00 Å². The number of carbonyl (C=O) groups is 2. The first-order valence-corrected chi connectivity index (χ1v) is 11.2. The van der Waals surface area contributed by atoms with Gasteiger partial charge in [-0.05, 0) is 41.8 Å². The highest BCUT2D eigenvalue weighted by molar-refractivity contribution is 7.17. The smallest absolute Gasteiger partial charge is 0.341 e. The van der Waals surface area contributed by atoms with Crippen LogP contribution < -0.4 is 10.6 Å². The molecule has 5 nitrogen and oxygen atoms in total. The first-order valence-electron chi connectivity index (χ1n) is 9.51. The molecule has 0 fully saturated rings. The maximum atomic E-state index is 12.7. The van der Waals surface area contributed by atoms with Crippen LogP contribution in [0.1, 0.15) is 43.7 Å². The second kappa shape index (κ2) is 8.90. The average molecular weight is 427 g/mol. The lowest BCUT2D eigenvalue weighted by Crippen LogP contribution is -2.31. The molecule has 0 unspecified atom stereocenters. The normalized spacial score (nSPS) is 13.7. The monoisotopic (exact) mass is 426 g/mol. The molecular weight excluding hydrogens is 404 g/mol. The Morgan fingerprint density at radius 2 is 1.97 bits per heavy atom. The number of hydrogen-bond acceptors (Lipinski definition) is 6. The Morgan fingerprint density at radius 3 is 2.69 bits per heavy atom. The van der Waals surface area contributed by atoms with Gasteiger partial charge in [0.2, 0.25) is 5.91 Å². The van der Waals surface area contributed by atoms with Crippen LogP contribution in [0, 0.1) is 0 Å². The predicted octanol–water partition coefficient (Wildman–Crippen LogP) is 4.40. The van der Waals surface area contributed by atoms with Crippen molar-refractivity contribution in [1.29, 1.82) is 0 Å². The summed E-state index contributed by atoms with van der Waals surface area (Å²) in [4.78, 5) is 27.3. The minimum atomic E-state index is -0.381. The van der Waals surface area contributed by atoms with Gasteiger partial charge in [-0.15, -0.1) is 22.7 Å². The highest BCUT2D eigenvalue weighted by atomic mass is 32.1. The number of rotatable bonds is 7. The summed E-state index contributed by atoms with van der Waals surface area (Å²) in [7, 11) is 1.37. The van der Waals surface area contributed by atoms with Crippen LogP contribution in [0.4, 0.5) is 5.00 Å². The van der Waals surface area contributed by atoms with Gasteiger partial charge >= 0.3 is 5.97 Å². The van der Waals surface area contributed by atoms with E-state index in [0.29, 0.717) is 10.6 Å². The van der Waals surface area contributed by atoms with E-state index in [0.717, 1.165) is 35.3 Å². The third-order valence-corrected chi connectivity index (χ3v) is 7.14. The van der Waals surface area contributed by atoms with Crippen molar-refractivity contribution < 1.29 is 14.3 Å². The van der Waals surface area contributed by atoms with Crippen LogP contribution in [0.2, 0.25) is 0 Å². The molecule has 29 heavy (non-hydrogen) atoms. The van der Waals surface area contributed by atoms with Gasteiger partial charge in [-0.25, -0.2) is 4.79 Å². The molecule has 1 aromatic carbocycles. The number of ether oxygens (including phenoxy) is 1. The van der Waals surface area contributed by atoms with Gasteiger partial charge in [0.05, 0.1) is 25.3 Å². The van der Waals surface area contributed by atoms with E-state index in [4.69, 9.17) is 4.74 Å². The summed E-state index contributed by atoms with van der Waals surface area (Å²) < 4.78 is 4.95. The van der Waals surface area contributed by atoms with Crippen molar-refractivity contribution in [3.63, 3.8) is 0 Å². The van der Waals surface area contributed by atoms with Gasteiger partial charge in [0.15, 0.2) is 0 Å². The SMILES string of the molecule is COC(=O)c1c(NC(=O)CN[C@@H](c2ccccc2)c2cccs2)sc2c1CCC2. The van der Waals surface area contributed by atoms with Crippen LogP contribution in [0.15, 0.2) is 47.8 Å². The second-order valence-electron chi connectivity index (χ2n) is 6.84. The molecule has 0 aliphatic heterocycles. The molecule has 1 aliphatic rings. The predicted molar refractivity (Wildman–Crippen MR) is 117 cm³/mol. The Bertz CT molecular complexity index is 997. The molecule has 1 amide bonds. The van der Waals surface area contributed by atoms with Crippen LogP contribution >= 0.6 is 22.7 Å². The van der Waals surface area contributed by atoms with Gasteiger partial charge in [0.25, 0.3) is 0 Å². The fourth-order valence-corrected chi connectivity index (χ4v) is 5.78. The summed E-state index contributed by atoms with van der Waals surface area (Å²) in [5.41, 5.74) is 2.66. The molecule has 7 heteroatoms. The number of amides is 1. The van der Waals surface area contributed by atoms with Gasteiger partial charge in [0, 0.05) is 9.75 Å². The number of hydrogen-bond donors (Lipinski definition) is 2. The number of carbonyl (C=O) groups excluding carboxylic acids is 2. The Balaban J connectivity index is 1.48. The maximum absolute atomic E-state index is 12.7. The standard InChI is InChI=1S/C22H22N2O3S2/c1-27-22(26)19-15-9-5-10-16(15)29-21(19)24-18(25)13-23-20(17-11-6-12-28-17)14-7-3-2-4-8-14/h2-4,6-8,11-12,20,23H,5,9-10,13H2,1H3,(H,24,25)/t20-/m0/s1. The molecule has 0 spiro atoms. The second-order valence-corrected chi connectivity index (χ2v) is 8.93. The lowest BCUT2D eigenvalue weighted by molar-refractivity contribution is -0.115. The zero-order valence-corrected chi connectivity index (χ0v) is 17.7. The van der Waals surface area contributed by atoms with Gasteiger partial charge in [-0.1, -0.05) is 36.4 Å². The Labute approximate surface area is 177 Å². The lowest BCUT2D eigenvalue weighted by Gasteiger charge is -2.18. The van der Waals surface area contributed by atoms with Gasteiger partial charge < -0.3 is 10.1 Å². The topological polar surface area (TPSA) is 67.4 Å². The minimum Gasteiger partial charge on any atom is -0.465 e. The molecule has 0 radical (unpaired) electrons. The third-order valence-electron chi connectivity index (χ3n) is 4.99. The molecule has 2 N–H and O–H groups in total. The number of aryl methyl sites for hydroxylation is 1. The molecule has 2 heterocycles. The quantitative estimate of drug-likeness (QED) is 0.550. The number of thiophene rings is 2. The van der Waals surface area contributed by atoms with E-state index in [-0.39, 0.29) is 24.5 Å². The van der Waals surface area contributed by atoms with Gasteiger partial charge in [-0.3, -0.25) is 10.1 Å². The van der Waals surface area contributed by atoms with Crippen molar-refractivity contribution in [2.24, 2.45) is 0 Å². The van der Waals surface area contributed by atoms with E-state index >= 15 is 0 Å². The summed E-state index contributed by atoms with van der Waals surface area (Å²) in [5.74, 6) is -0.555. The number of esters is 1. The van der Waals surface area contributed by atoms with Crippen molar-refractivity contribution >= 4 is 39.6 Å². The zero-order chi connectivity index (χ0) is 20.2. The Hall–Kier alpha value is -2.48. The van der Waals surface area contributed by atoms with Crippen LogP contribution in [0.25, 0.3) is 0 Å². The third kappa shape index (κ3) is 4.27. The first kappa shape index (κ1) is 19.8. The number of methoxy groups -OCH3 is 1. The number of anilines is 1. The first-order chi connectivity index (χ1) is 14.2. The zero-order valence-electron chi connectivity index (χ0n) is 16.1. The fraction of sp³-hybridized carbons (Fsp3) is 0.273. The summed E-state index contributed by atoms with van der Waals surface area (Å²) >= 11 is 3.14. The van der Waals surface area contributed by atoms with E-state index in [1.165, 1.54) is 23.3 Å². The molecule has 0 saturated carbocycles. The molecule has 3 aromatic rings. The largest absolute Gasteiger partial charge is 0.465 e. The summed E-state index contributed by atoms with van der Waals surface area (Å²) in [6, 6.07) is 14.1. The Kier molecular flexibility index (Phi) is 6.08. The molecule has 2 aromatic heterocycles. The Morgan fingerprint density at radius 1 is 1.14 bits per heavy atom. The molecule has 0 bridgehead atoms. The van der Waals surface area contributed by atoms with E-state index in [2.05, 4.69) is 28.8 Å². The number of benzene rings is 1. The molecular formula is C22H22N2O3S2. The summed E-state index contributed by atoms with van der Waals surface area (Å²) in [6.07, 6.45) is 2.85. The fourth-order valence-electron chi connectivity index (χ4n) is 3.66. The van der Waals surface area contributed by atoms with Crippen LogP contribution in [0.3, 0.4) is 0 Å². The van der Waals surface area contributed by atoms with E-state index in [9.17, 15) is 9.59 Å².